The summed E-state index contributed by atoms with van der Waals surface area (Å²) >= 11 is 0. The fourth-order valence-electron chi connectivity index (χ4n) is 3.48. The van der Waals surface area contributed by atoms with Gasteiger partial charge in [0.1, 0.15) is 0 Å². The minimum Gasteiger partial charge on any atom is -0.455 e. The maximum atomic E-state index is 12.4. The van der Waals surface area contributed by atoms with Crippen molar-refractivity contribution in [2.24, 2.45) is 5.92 Å². The summed E-state index contributed by atoms with van der Waals surface area (Å²) in [6.07, 6.45) is 4.41. The summed E-state index contributed by atoms with van der Waals surface area (Å²) in [5.74, 6) is -1.11. The van der Waals surface area contributed by atoms with Crippen LogP contribution in [0, 0.1) is 19.8 Å². The van der Waals surface area contributed by atoms with E-state index in [1.165, 1.54) is 0 Å². The fourth-order valence-corrected chi connectivity index (χ4v) is 3.48. The van der Waals surface area contributed by atoms with Gasteiger partial charge in [0.2, 0.25) is 5.91 Å². The van der Waals surface area contributed by atoms with Gasteiger partial charge in [0, 0.05) is 24.9 Å². The maximum Gasteiger partial charge on any atom is 0.309 e. The molecule has 2 aromatic carbocycles. The van der Waals surface area contributed by atoms with Crippen LogP contribution in [0.15, 0.2) is 54.6 Å². The number of benzene rings is 2. The minimum absolute atomic E-state index is 0.0661. The van der Waals surface area contributed by atoms with E-state index in [9.17, 15) is 14.4 Å². The molecule has 6 heteroatoms. The average molecular weight is 421 g/mol. The Morgan fingerprint density at radius 2 is 1.77 bits per heavy atom. The van der Waals surface area contributed by atoms with Crippen LogP contribution in [0.1, 0.15) is 29.5 Å². The van der Waals surface area contributed by atoms with Crippen molar-refractivity contribution in [2.45, 2.75) is 26.7 Å². The zero-order valence-electron chi connectivity index (χ0n) is 18.0. The molecule has 1 N–H and O–H groups in total. The van der Waals surface area contributed by atoms with Gasteiger partial charge in [0.25, 0.3) is 5.91 Å². The number of nitrogens with zero attached hydrogens (tertiary/aromatic N) is 1. The van der Waals surface area contributed by atoms with Crippen LogP contribution in [-0.2, 0) is 19.1 Å². The molecule has 0 aromatic heterocycles. The molecule has 0 saturated carbocycles. The Hall–Kier alpha value is -3.41. The quantitative estimate of drug-likeness (QED) is 0.571. The summed E-state index contributed by atoms with van der Waals surface area (Å²) in [5.41, 5.74) is 3.67. The smallest absolute Gasteiger partial charge is 0.309 e. The number of carbonyl (C=O) groups excluding carboxylic acids is 3. The number of carbonyl (C=O) groups is 3. The van der Waals surface area contributed by atoms with Gasteiger partial charge in [-0.05, 0) is 55.5 Å². The number of piperidine rings is 1. The summed E-state index contributed by atoms with van der Waals surface area (Å²) in [6, 6.07) is 15.4. The van der Waals surface area contributed by atoms with Crippen molar-refractivity contribution in [3.8, 4) is 0 Å². The second kappa shape index (κ2) is 10.6. The summed E-state index contributed by atoms with van der Waals surface area (Å²) < 4.78 is 5.22. The predicted molar refractivity (Wildman–Crippen MR) is 120 cm³/mol. The van der Waals surface area contributed by atoms with Gasteiger partial charge >= 0.3 is 5.97 Å². The monoisotopic (exact) mass is 420 g/mol. The molecular weight excluding hydrogens is 392 g/mol. The second-order valence-electron chi connectivity index (χ2n) is 7.82. The van der Waals surface area contributed by atoms with Crippen LogP contribution in [0.2, 0.25) is 0 Å². The van der Waals surface area contributed by atoms with E-state index in [1.807, 2.05) is 62.4 Å². The molecule has 0 atom stereocenters. The van der Waals surface area contributed by atoms with E-state index in [1.54, 1.807) is 17.1 Å². The van der Waals surface area contributed by atoms with E-state index in [4.69, 9.17) is 4.74 Å². The summed E-state index contributed by atoms with van der Waals surface area (Å²) in [7, 11) is 0. The first-order valence-electron chi connectivity index (χ1n) is 10.5. The zero-order chi connectivity index (χ0) is 22.2. The van der Waals surface area contributed by atoms with Gasteiger partial charge in [0.05, 0.1) is 5.92 Å². The number of hydrogen-bond donors (Lipinski definition) is 1. The van der Waals surface area contributed by atoms with Crippen LogP contribution in [-0.4, -0.2) is 42.4 Å². The van der Waals surface area contributed by atoms with Gasteiger partial charge in [-0.2, -0.15) is 0 Å². The van der Waals surface area contributed by atoms with Gasteiger partial charge in [-0.3, -0.25) is 14.4 Å². The molecule has 2 aromatic rings. The molecule has 162 valence electrons. The predicted octanol–water partition coefficient (Wildman–Crippen LogP) is 3.74. The number of hydrogen-bond acceptors (Lipinski definition) is 4. The number of rotatable bonds is 6. The van der Waals surface area contributed by atoms with Crippen LogP contribution in [0.5, 0.6) is 0 Å². The minimum atomic E-state index is -0.386. The molecule has 1 heterocycles. The first kappa shape index (κ1) is 22.3. The Morgan fingerprint density at radius 1 is 1.06 bits per heavy atom. The Morgan fingerprint density at radius 3 is 2.48 bits per heavy atom. The van der Waals surface area contributed by atoms with E-state index >= 15 is 0 Å². The maximum absolute atomic E-state index is 12.4. The van der Waals surface area contributed by atoms with Gasteiger partial charge in [-0.15, -0.1) is 0 Å². The lowest BCUT2D eigenvalue weighted by molar-refractivity contribution is -0.153. The summed E-state index contributed by atoms with van der Waals surface area (Å²) in [6.45, 7) is 4.53. The van der Waals surface area contributed by atoms with Gasteiger partial charge in [-0.1, -0.05) is 42.5 Å². The summed E-state index contributed by atoms with van der Waals surface area (Å²) in [5, 5.41) is 2.78. The zero-order valence-corrected chi connectivity index (χ0v) is 18.0. The molecule has 3 rings (SSSR count). The molecule has 0 unspecified atom stereocenters. The van der Waals surface area contributed by atoms with Crippen molar-refractivity contribution in [3.05, 3.63) is 71.3 Å². The summed E-state index contributed by atoms with van der Waals surface area (Å²) in [4.78, 5) is 38.6. The van der Waals surface area contributed by atoms with Gasteiger partial charge in [-0.25, -0.2) is 0 Å². The highest BCUT2D eigenvalue weighted by molar-refractivity contribution is 5.94. The molecule has 1 aliphatic heterocycles. The lowest BCUT2D eigenvalue weighted by atomic mass is 9.97. The Bertz CT molecular complexity index is 961. The highest BCUT2D eigenvalue weighted by Gasteiger charge is 2.28. The molecule has 1 aliphatic rings. The fraction of sp³-hybridized carbons (Fsp3) is 0.320. The number of ether oxygens (including phenoxy) is 1. The standard InChI is InChI=1S/C25H28N2O4/c1-18-8-9-19(2)22(16-18)26-23(28)17-31-25(30)21-12-14-27(15-13-21)24(29)11-10-20-6-4-3-5-7-20/h3-11,16,21H,12-15,17H2,1-2H3,(H,26,28)/b11-10+. The number of amides is 2. The first-order valence-corrected chi connectivity index (χ1v) is 10.5. The van der Waals surface area contributed by atoms with Crippen LogP contribution in [0.3, 0.4) is 0 Å². The third kappa shape index (κ3) is 6.54. The van der Waals surface area contributed by atoms with E-state index in [-0.39, 0.29) is 30.3 Å². The number of likely N-dealkylation sites (tertiary alicyclic amines) is 1. The van der Waals surface area contributed by atoms with E-state index < -0.39 is 0 Å². The lowest BCUT2D eigenvalue weighted by Crippen LogP contribution is -2.40. The number of anilines is 1. The van der Waals surface area contributed by atoms with Crippen molar-refractivity contribution >= 4 is 29.5 Å². The molecule has 31 heavy (non-hydrogen) atoms. The Balaban J connectivity index is 1.41. The van der Waals surface area contributed by atoms with E-state index in [0.29, 0.717) is 25.9 Å². The molecule has 2 amide bonds. The first-order chi connectivity index (χ1) is 14.9. The Labute approximate surface area is 182 Å². The van der Waals surface area contributed by atoms with Crippen molar-refractivity contribution in [2.75, 3.05) is 25.0 Å². The van der Waals surface area contributed by atoms with Crippen LogP contribution in [0.4, 0.5) is 5.69 Å². The van der Waals surface area contributed by atoms with Crippen molar-refractivity contribution in [1.29, 1.82) is 0 Å². The molecule has 1 fully saturated rings. The van der Waals surface area contributed by atoms with E-state index in [0.717, 1.165) is 22.4 Å². The molecule has 0 radical (unpaired) electrons. The highest BCUT2D eigenvalue weighted by atomic mass is 16.5. The molecule has 0 spiro atoms. The third-order valence-corrected chi connectivity index (χ3v) is 5.37. The van der Waals surface area contributed by atoms with Crippen molar-refractivity contribution < 1.29 is 19.1 Å². The SMILES string of the molecule is Cc1ccc(C)c(NC(=O)COC(=O)C2CCN(C(=O)/C=C/c3ccccc3)CC2)c1. The molecule has 1 saturated heterocycles. The lowest BCUT2D eigenvalue weighted by Gasteiger charge is -2.30. The highest BCUT2D eigenvalue weighted by Crippen LogP contribution is 2.20. The largest absolute Gasteiger partial charge is 0.455 e. The molecule has 0 aliphatic carbocycles. The van der Waals surface area contributed by atoms with Gasteiger partial charge in [0.15, 0.2) is 6.61 Å². The number of nitrogens with one attached hydrogen (secondary N) is 1. The van der Waals surface area contributed by atoms with Crippen LogP contribution >= 0.6 is 0 Å². The average Bonchev–Trinajstić information content (AvgIpc) is 2.79. The van der Waals surface area contributed by atoms with Crippen LogP contribution in [0.25, 0.3) is 6.08 Å². The normalized spacial score (nSPS) is 14.5. The van der Waals surface area contributed by atoms with Crippen molar-refractivity contribution in [3.63, 3.8) is 0 Å². The van der Waals surface area contributed by atoms with Crippen molar-refractivity contribution in [1.82, 2.24) is 4.90 Å². The topological polar surface area (TPSA) is 75.7 Å². The Kier molecular flexibility index (Phi) is 7.60. The molecular formula is C25H28N2O4. The number of esters is 1. The number of aryl methyl sites for hydroxylation is 2. The molecule has 6 nitrogen and oxygen atoms in total. The van der Waals surface area contributed by atoms with E-state index in [2.05, 4.69) is 5.32 Å². The second-order valence-corrected chi connectivity index (χ2v) is 7.82. The third-order valence-electron chi connectivity index (χ3n) is 5.37. The molecule has 0 bridgehead atoms. The van der Waals surface area contributed by atoms with Gasteiger partial charge < -0.3 is 15.0 Å². The van der Waals surface area contributed by atoms with Crippen LogP contribution < -0.4 is 5.32 Å².